The van der Waals surface area contributed by atoms with E-state index in [2.05, 4.69) is 5.32 Å². The van der Waals surface area contributed by atoms with Gasteiger partial charge < -0.3 is 14.8 Å². The SMILES string of the molecule is CCOC(=O)c1cc[n+](COC(=O)N[C@@H](C)Cc2ccccc2)cc1. The van der Waals surface area contributed by atoms with Crippen molar-refractivity contribution in [1.29, 1.82) is 0 Å². The minimum absolute atomic E-state index is 0.0360. The van der Waals surface area contributed by atoms with Crippen LogP contribution in [0.25, 0.3) is 0 Å². The Bertz CT molecular complexity index is 686. The maximum Gasteiger partial charge on any atom is 0.412 e. The second kappa shape index (κ2) is 9.42. The highest BCUT2D eigenvalue weighted by Crippen LogP contribution is 2.03. The molecule has 25 heavy (non-hydrogen) atoms. The number of carbonyl (C=O) groups excluding carboxylic acids is 2. The molecule has 1 aromatic heterocycles. The smallest absolute Gasteiger partial charge is 0.412 e. The first-order chi connectivity index (χ1) is 12.1. The van der Waals surface area contributed by atoms with Crippen LogP contribution in [0.1, 0.15) is 29.8 Å². The van der Waals surface area contributed by atoms with Gasteiger partial charge in [0.1, 0.15) is 0 Å². The van der Waals surface area contributed by atoms with Crippen molar-refractivity contribution >= 4 is 12.1 Å². The maximum atomic E-state index is 11.9. The zero-order valence-electron chi connectivity index (χ0n) is 14.5. The maximum absolute atomic E-state index is 11.9. The molecular formula is C19H23N2O4+. The molecule has 132 valence electrons. The Kier molecular flexibility index (Phi) is 6.95. The first-order valence-electron chi connectivity index (χ1n) is 8.22. The number of hydrogen-bond acceptors (Lipinski definition) is 4. The summed E-state index contributed by atoms with van der Waals surface area (Å²) in [4.78, 5) is 23.4. The van der Waals surface area contributed by atoms with Gasteiger partial charge in [-0.25, -0.2) is 9.59 Å². The van der Waals surface area contributed by atoms with Crippen LogP contribution in [0.5, 0.6) is 0 Å². The molecule has 0 aliphatic rings. The molecule has 0 aliphatic heterocycles. The highest BCUT2D eigenvalue weighted by Gasteiger charge is 2.12. The molecule has 2 aromatic rings. The number of benzene rings is 1. The minimum atomic E-state index is -0.481. The standard InChI is InChI=1S/C19H22N2O4/c1-3-24-18(22)17-9-11-21(12-10-17)14-25-19(23)20-15(2)13-16-7-5-4-6-8-16/h4-12,15H,3,13-14H2,1-2H3/p+1/t15-/m0/s1. The average Bonchev–Trinajstić information content (AvgIpc) is 2.61. The molecule has 1 amide bonds. The molecule has 1 aromatic carbocycles. The third kappa shape index (κ3) is 6.25. The number of rotatable bonds is 7. The Morgan fingerprint density at radius 2 is 1.76 bits per heavy atom. The predicted molar refractivity (Wildman–Crippen MR) is 91.8 cm³/mol. The van der Waals surface area contributed by atoms with E-state index in [4.69, 9.17) is 9.47 Å². The summed E-state index contributed by atoms with van der Waals surface area (Å²) in [7, 11) is 0. The summed E-state index contributed by atoms with van der Waals surface area (Å²) in [5.41, 5.74) is 1.61. The number of alkyl carbamates (subject to hydrolysis) is 1. The fourth-order valence-electron chi connectivity index (χ4n) is 2.29. The number of carbonyl (C=O) groups is 2. The first kappa shape index (κ1) is 18.4. The Balaban J connectivity index is 1.76. The van der Waals surface area contributed by atoms with Crippen LogP contribution in [-0.2, 0) is 22.6 Å². The summed E-state index contributed by atoms with van der Waals surface area (Å²) in [6.45, 7) is 4.08. The van der Waals surface area contributed by atoms with Crippen LogP contribution in [0.4, 0.5) is 4.79 Å². The largest absolute Gasteiger partial charge is 0.462 e. The number of aromatic nitrogens is 1. The molecule has 6 nitrogen and oxygen atoms in total. The van der Waals surface area contributed by atoms with Gasteiger partial charge in [-0.2, -0.15) is 4.57 Å². The number of ether oxygens (including phenoxy) is 2. The van der Waals surface area contributed by atoms with E-state index in [1.165, 1.54) is 0 Å². The molecule has 0 bridgehead atoms. The fourth-order valence-corrected chi connectivity index (χ4v) is 2.29. The van der Waals surface area contributed by atoms with Crippen molar-refractivity contribution < 1.29 is 23.6 Å². The van der Waals surface area contributed by atoms with Gasteiger partial charge in [0.2, 0.25) is 0 Å². The summed E-state index contributed by atoms with van der Waals surface area (Å²) in [5, 5.41) is 2.80. The third-order valence-electron chi connectivity index (χ3n) is 3.50. The quantitative estimate of drug-likeness (QED) is 0.619. The Labute approximate surface area is 147 Å². The highest BCUT2D eigenvalue weighted by molar-refractivity contribution is 5.88. The highest BCUT2D eigenvalue weighted by atomic mass is 16.6. The molecule has 6 heteroatoms. The summed E-state index contributed by atoms with van der Waals surface area (Å²) < 4.78 is 11.8. The van der Waals surface area contributed by atoms with Crippen molar-refractivity contribution in [2.24, 2.45) is 0 Å². The van der Waals surface area contributed by atoms with Gasteiger partial charge in [-0.3, -0.25) is 0 Å². The first-order valence-corrected chi connectivity index (χ1v) is 8.22. The van der Waals surface area contributed by atoms with E-state index in [1.54, 1.807) is 36.0 Å². The van der Waals surface area contributed by atoms with Crippen LogP contribution in [0.3, 0.4) is 0 Å². The van der Waals surface area contributed by atoms with Crippen LogP contribution >= 0.6 is 0 Å². The van der Waals surface area contributed by atoms with E-state index in [1.807, 2.05) is 37.3 Å². The molecular weight excluding hydrogens is 320 g/mol. The number of amides is 1. The fraction of sp³-hybridized carbons (Fsp3) is 0.316. The molecule has 1 atom stereocenters. The molecule has 0 spiro atoms. The molecule has 0 aliphatic carbocycles. The van der Waals surface area contributed by atoms with Crippen molar-refractivity contribution in [2.75, 3.05) is 6.61 Å². The van der Waals surface area contributed by atoms with Crippen molar-refractivity contribution in [3.05, 3.63) is 66.0 Å². The molecule has 0 saturated heterocycles. The van der Waals surface area contributed by atoms with E-state index in [9.17, 15) is 9.59 Å². The van der Waals surface area contributed by atoms with E-state index in [0.717, 1.165) is 12.0 Å². The van der Waals surface area contributed by atoms with Gasteiger partial charge in [0.25, 0.3) is 6.73 Å². The van der Waals surface area contributed by atoms with Gasteiger partial charge >= 0.3 is 12.1 Å². The number of esters is 1. The summed E-state index contributed by atoms with van der Waals surface area (Å²) in [5.74, 6) is -0.372. The lowest BCUT2D eigenvalue weighted by atomic mass is 10.1. The molecule has 1 N–H and O–H groups in total. The molecule has 0 saturated carbocycles. The number of pyridine rings is 1. The zero-order valence-corrected chi connectivity index (χ0v) is 14.5. The van der Waals surface area contributed by atoms with Gasteiger partial charge in [0.15, 0.2) is 12.4 Å². The monoisotopic (exact) mass is 343 g/mol. The van der Waals surface area contributed by atoms with Crippen molar-refractivity contribution in [1.82, 2.24) is 5.32 Å². The summed E-state index contributed by atoms with van der Waals surface area (Å²) >= 11 is 0. The van der Waals surface area contributed by atoms with E-state index >= 15 is 0 Å². The lowest BCUT2D eigenvalue weighted by Crippen LogP contribution is -2.40. The van der Waals surface area contributed by atoms with E-state index in [0.29, 0.717) is 12.2 Å². The van der Waals surface area contributed by atoms with Crippen LogP contribution in [0, 0.1) is 0 Å². The van der Waals surface area contributed by atoms with Crippen molar-refractivity contribution in [3.8, 4) is 0 Å². The molecule has 2 rings (SSSR count). The summed E-state index contributed by atoms with van der Waals surface area (Å²) in [6.07, 6.45) is 3.57. The normalized spacial score (nSPS) is 11.4. The molecule has 0 radical (unpaired) electrons. The van der Waals surface area contributed by atoms with Gasteiger partial charge in [-0.05, 0) is 25.8 Å². The zero-order chi connectivity index (χ0) is 18.1. The van der Waals surface area contributed by atoms with Crippen LogP contribution < -0.4 is 9.88 Å². The topological polar surface area (TPSA) is 68.5 Å². The van der Waals surface area contributed by atoms with E-state index in [-0.39, 0.29) is 18.7 Å². The number of hydrogen-bond donors (Lipinski definition) is 1. The van der Waals surface area contributed by atoms with Crippen LogP contribution in [0.2, 0.25) is 0 Å². The van der Waals surface area contributed by atoms with Crippen molar-refractivity contribution in [2.45, 2.75) is 33.0 Å². The van der Waals surface area contributed by atoms with Gasteiger partial charge in [0.05, 0.1) is 12.2 Å². The minimum Gasteiger partial charge on any atom is -0.462 e. The number of nitrogens with one attached hydrogen (secondary N) is 1. The summed E-state index contributed by atoms with van der Waals surface area (Å²) in [6, 6.07) is 13.1. The van der Waals surface area contributed by atoms with Crippen LogP contribution in [-0.4, -0.2) is 24.7 Å². The Morgan fingerprint density at radius 3 is 2.40 bits per heavy atom. The molecule has 0 unspecified atom stereocenters. The van der Waals surface area contributed by atoms with Crippen molar-refractivity contribution in [3.63, 3.8) is 0 Å². The Hall–Kier alpha value is -2.89. The van der Waals surface area contributed by atoms with Gasteiger partial charge in [-0.15, -0.1) is 0 Å². The predicted octanol–water partition coefficient (Wildman–Crippen LogP) is 2.47. The molecule has 1 heterocycles. The Morgan fingerprint density at radius 1 is 1.08 bits per heavy atom. The average molecular weight is 343 g/mol. The second-order valence-corrected chi connectivity index (χ2v) is 5.62. The lowest BCUT2D eigenvalue weighted by molar-refractivity contribution is -0.727. The van der Waals surface area contributed by atoms with E-state index < -0.39 is 6.09 Å². The third-order valence-corrected chi connectivity index (χ3v) is 3.50. The second-order valence-electron chi connectivity index (χ2n) is 5.62. The molecule has 0 fully saturated rings. The van der Waals surface area contributed by atoms with Gasteiger partial charge in [-0.1, -0.05) is 30.3 Å². The van der Waals surface area contributed by atoms with Gasteiger partial charge in [0, 0.05) is 18.2 Å². The number of nitrogens with zero attached hydrogens (tertiary/aromatic N) is 1. The lowest BCUT2D eigenvalue weighted by Gasteiger charge is -2.13. The van der Waals surface area contributed by atoms with Crippen LogP contribution in [0.15, 0.2) is 54.9 Å².